The molecular weight excluding hydrogens is 341 g/mol. The monoisotopic (exact) mass is 366 g/mol. The van der Waals surface area contributed by atoms with E-state index >= 15 is 0 Å². The highest BCUT2D eigenvalue weighted by Crippen LogP contribution is 2.30. The average molecular weight is 366 g/mol. The summed E-state index contributed by atoms with van der Waals surface area (Å²) in [6, 6.07) is 3.95. The first-order chi connectivity index (χ1) is 12.2. The van der Waals surface area contributed by atoms with Crippen LogP contribution >= 0.6 is 0 Å². The number of benzene rings is 1. The summed E-state index contributed by atoms with van der Waals surface area (Å²) in [5.74, 6) is -3.35. The normalized spacial score (nSPS) is 14.7. The molecule has 1 aromatic carbocycles. The van der Waals surface area contributed by atoms with Crippen LogP contribution in [0.2, 0.25) is 0 Å². The molecule has 0 saturated carbocycles. The second-order valence-corrected chi connectivity index (χ2v) is 6.30. The molecule has 0 aliphatic heterocycles. The van der Waals surface area contributed by atoms with Crippen molar-refractivity contribution in [3.63, 3.8) is 0 Å². The lowest BCUT2D eigenvalue weighted by Crippen LogP contribution is -2.04. The maximum atomic E-state index is 14.0. The number of rotatable bonds is 9. The van der Waals surface area contributed by atoms with Crippen LogP contribution in [0.25, 0.3) is 6.08 Å². The Hall–Kier alpha value is -2.43. The van der Waals surface area contributed by atoms with E-state index in [2.05, 4.69) is 17.9 Å². The molecule has 0 fully saturated rings. The van der Waals surface area contributed by atoms with Gasteiger partial charge < -0.3 is 9.84 Å². The molecule has 0 radical (unpaired) electrons. The quantitative estimate of drug-likeness (QED) is 0.401. The topological polar surface area (TPSA) is 29.5 Å². The second kappa shape index (κ2) is 9.90. The van der Waals surface area contributed by atoms with Crippen molar-refractivity contribution in [1.82, 2.24) is 0 Å². The number of ether oxygens (including phenoxy) is 1. The minimum absolute atomic E-state index is 0.0569. The fourth-order valence-corrected chi connectivity index (χ4v) is 2.27. The SMILES string of the molecule is C=C(OC)/C(F)=C(/F)C(=C)C(C)CCC(C)/C=C/c1ccc(O)cc1F. The van der Waals surface area contributed by atoms with Crippen molar-refractivity contribution in [2.75, 3.05) is 7.11 Å². The van der Waals surface area contributed by atoms with Gasteiger partial charge in [0.25, 0.3) is 0 Å². The Bertz CT molecular complexity index is 720. The predicted octanol–water partition coefficient (Wildman–Crippen LogP) is 6.46. The minimum atomic E-state index is -1.14. The zero-order chi connectivity index (χ0) is 19.9. The van der Waals surface area contributed by atoms with E-state index in [9.17, 15) is 18.3 Å². The van der Waals surface area contributed by atoms with Crippen molar-refractivity contribution in [1.29, 1.82) is 0 Å². The van der Waals surface area contributed by atoms with Crippen molar-refractivity contribution in [2.24, 2.45) is 11.8 Å². The Morgan fingerprint density at radius 2 is 1.85 bits per heavy atom. The number of aromatic hydroxyl groups is 1. The van der Waals surface area contributed by atoms with Crippen molar-refractivity contribution < 1.29 is 23.0 Å². The molecule has 2 atom stereocenters. The second-order valence-electron chi connectivity index (χ2n) is 6.30. The molecule has 0 spiro atoms. The van der Waals surface area contributed by atoms with Gasteiger partial charge in [0.1, 0.15) is 17.3 Å². The zero-order valence-electron chi connectivity index (χ0n) is 15.4. The average Bonchev–Trinajstić information content (AvgIpc) is 2.62. The number of allylic oxidation sites excluding steroid dienone is 4. The van der Waals surface area contributed by atoms with Gasteiger partial charge in [-0.1, -0.05) is 39.2 Å². The van der Waals surface area contributed by atoms with E-state index in [0.29, 0.717) is 18.4 Å². The first-order valence-electron chi connectivity index (χ1n) is 8.31. The molecule has 2 unspecified atom stereocenters. The van der Waals surface area contributed by atoms with Gasteiger partial charge in [0, 0.05) is 11.6 Å². The van der Waals surface area contributed by atoms with E-state index in [1.54, 1.807) is 13.0 Å². The number of phenols is 1. The number of methoxy groups -OCH3 is 1. The fraction of sp³-hybridized carbons (Fsp3) is 0.333. The van der Waals surface area contributed by atoms with Crippen molar-refractivity contribution in [2.45, 2.75) is 26.7 Å². The summed E-state index contributed by atoms with van der Waals surface area (Å²) in [6.07, 6.45) is 4.76. The summed E-state index contributed by atoms with van der Waals surface area (Å²) in [7, 11) is 1.21. The van der Waals surface area contributed by atoms with Crippen LogP contribution in [0.4, 0.5) is 13.2 Å². The molecular formula is C21H25F3O2. The molecule has 0 heterocycles. The highest BCUT2D eigenvalue weighted by Gasteiger charge is 2.18. The van der Waals surface area contributed by atoms with E-state index < -0.39 is 17.5 Å². The summed E-state index contributed by atoms with van der Waals surface area (Å²) in [6.45, 7) is 10.6. The zero-order valence-corrected chi connectivity index (χ0v) is 15.4. The molecule has 0 aliphatic rings. The predicted molar refractivity (Wildman–Crippen MR) is 99.2 cm³/mol. The van der Waals surface area contributed by atoms with Crippen LogP contribution in [0.15, 0.2) is 60.4 Å². The van der Waals surface area contributed by atoms with Crippen LogP contribution < -0.4 is 0 Å². The molecule has 142 valence electrons. The van der Waals surface area contributed by atoms with Gasteiger partial charge in [0.05, 0.1) is 7.11 Å². The summed E-state index contributed by atoms with van der Waals surface area (Å²) >= 11 is 0. The molecule has 0 bridgehead atoms. The van der Waals surface area contributed by atoms with Gasteiger partial charge in [-0.2, -0.15) is 4.39 Å². The number of halogens is 3. The minimum Gasteiger partial charge on any atom is -0.508 e. The van der Waals surface area contributed by atoms with Crippen LogP contribution in [0.1, 0.15) is 32.3 Å². The standard InChI is InChI=1S/C21H25F3O2/c1-13(7-9-17-10-11-18(25)12-19(17)22)6-8-14(2)15(3)20(23)21(24)16(4)26-5/h7,9-14,25H,3-4,6,8H2,1-2,5H3/b9-7+,21-20-. The van der Waals surface area contributed by atoms with Crippen LogP contribution in [-0.2, 0) is 4.74 Å². The van der Waals surface area contributed by atoms with E-state index in [4.69, 9.17) is 0 Å². The third-order valence-electron chi connectivity index (χ3n) is 4.20. The first-order valence-corrected chi connectivity index (χ1v) is 8.31. The Morgan fingerprint density at radius 1 is 1.19 bits per heavy atom. The summed E-state index contributed by atoms with van der Waals surface area (Å²) < 4.78 is 46.0. The maximum Gasteiger partial charge on any atom is 0.200 e. The molecule has 26 heavy (non-hydrogen) atoms. The highest BCUT2D eigenvalue weighted by atomic mass is 19.2. The molecule has 0 saturated heterocycles. The number of hydrogen-bond donors (Lipinski definition) is 1. The molecule has 0 aromatic heterocycles. The fourth-order valence-electron chi connectivity index (χ4n) is 2.27. The Kier molecular flexibility index (Phi) is 8.23. The van der Waals surface area contributed by atoms with E-state index in [0.717, 1.165) is 6.07 Å². The lowest BCUT2D eigenvalue weighted by molar-refractivity contribution is 0.280. The van der Waals surface area contributed by atoms with Gasteiger partial charge in [0.2, 0.25) is 0 Å². The van der Waals surface area contributed by atoms with Crippen LogP contribution in [0, 0.1) is 17.7 Å². The largest absolute Gasteiger partial charge is 0.508 e. The molecule has 0 aliphatic carbocycles. The molecule has 1 rings (SSSR count). The first kappa shape index (κ1) is 21.6. The molecule has 5 heteroatoms. The van der Waals surface area contributed by atoms with Crippen LogP contribution in [0.3, 0.4) is 0 Å². The highest BCUT2D eigenvalue weighted by molar-refractivity contribution is 5.51. The van der Waals surface area contributed by atoms with Crippen molar-refractivity contribution in [3.8, 4) is 5.75 Å². The van der Waals surface area contributed by atoms with Gasteiger partial charge in [-0.25, -0.2) is 8.78 Å². The third kappa shape index (κ3) is 6.14. The van der Waals surface area contributed by atoms with Gasteiger partial charge >= 0.3 is 0 Å². The molecule has 1 N–H and O–H groups in total. The number of hydrogen-bond acceptors (Lipinski definition) is 2. The van der Waals surface area contributed by atoms with E-state index in [1.807, 2.05) is 13.0 Å². The Morgan fingerprint density at radius 3 is 2.42 bits per heavy atom. The smallest absolute Gasteiger partial charge is 0.200 e. The summed E-state index contributed by atoms with van der Waals surface area (Å²) in [4.78, 5) is 0. The lowest BCUT2D eigenvalue weighted by atomic mass is 9.91. The van der Waals surface area contributed by atoms with Gasteiger partial charge in [0.15, 0.2) is 11.7 Å². The lowest BCUT2D eigenvalue weighted by Gasteiger charge is -2.16. The van der Waals surface area contributed by atoms with Gasteiger partial charge in [-0.05, 0) is 42.4 Å². The third-order valence-corrected chi connectivity index (χ3v) is 4.20. The molecule has 0 amide bonds. The maximum absolute atomic E-state index is 14.0. The van der Waals surface area contributed by atoms with Crippen molar-refractivity contribution in [3.05, 3.63) is 71.8 Å². The van der Waals surface area contributed by atoms with Crippen LogP contribution in [0.5, 0.6) is 5.75 Å². The molecule has 1 aromatic rings. The van der Waals surface area contributed by atoms with Gasteiger partial charge in [-0.3, -0.25) is 0 Å². The Balaban J connectivity index is 2.63. The Labute approximate surface area is 153 Å². The van der Waals surface area contributed by atoms with Crippen LogP contribution in [-0.4, -0.2) is 12.2 Å². The molecule has 2 nitrogen and oxygen atoms in total. The van der Waals surface area contributed by atoms with Gasteiger partial charge in [-0.15, -0.1) is 0 Å². The number of phenolic OH excluding ortho intramolecular Hbond substituents is 1. The van der Waals surface area contributed by atoms with E-state index in [1.165, 1.54) is 19.2 Å². The van der Waals surface area contributed by atoms with E-state index in [-0.39, 0.29) is 28.9 Å². The summed E-state index contributed by atoms with van der Waals surface area (Å²) in [5, 5.41) is 9.20. The summed E-state index contributed by atoms with van der Waals surface area (Å²) in [5.41, 5.74) is 0.433. The van der Waals surface area contributed by atoms with Crippen molar-refractivity contribution >= 4 is 6.08 Å².